The Morgan fingerprint density at radius 2 is 1.83 bits per heavy atom. The molecule has 1 heterocycles. The van der Waals surface area contributed by atoms with Gasteiger partial charge >= 0.3 is 5.97 Å². The van der Waals surface area contributed by atoms with Gasteiger partial charge in [-0.15, -0.1) is 0 Å². The fraction of sp³-hybridized carbons (Fsp3) is 0.111. The summed E-state index contributed by atoms with van der Waals surface area (Å²) in [5.41, 5.74) is 1.99. The Morgan fingerprint density at radius 1 is 1.17 bits per heavy atom. The van der Waals surface area contributed by atoms with Crippen LogP contribution in [0.2, 0.25) is 0 Å². The molecule has 24 heavy (non-hydrogen) atoms. The van der Waals surface area contributed by atoms with Crippen LogP contribution in [0.5, 0.6) is 5.75 Å². The summed E-state index contributed by atoms with van der Waals surface area (Å²) in [6.45, 7) is 1.63. The van der Waals surface area contributed by atoms with E-state index in [4.69, 9.17) is 4.74 Å². The molecule has 0 aliphatic carbocycles. The second kappa shape index (κ2) is 6.16. The maximum atomic E-state index is 13.3. The van der Waals surface area contributed by atoms with Gasteiger partial charge in [0.25, 0.3) is 0 Å². The number of benzene rings is 2. The summed E-state index contributed by atoms with van der Waals surface area (Å²) >= 11 is 0. The zero-order chi connectivity index (χ0) is 17.3. The van der Waals surface area contributed by atoms with Crippen molar-refractivity contribution >= 4 is 5.97 Å². The monoisotopic (exact) mass is 326 g/mol. The highest BCUT2D eigenvalue weighted by molar-refractivity contribution is 5.96. The van der Waals surface area contributed by atoms with Gasteiger partial charge in [0.2, 0.25) is 0 Å². The van der Waals surface area contributed by atoms with E-state index >= 15 is 0 Å². The molecule has 0 atom stereocenters. The third kappa shape index (κ3) is 2.62. The number of aromatic carboxylic acids is 1. The molecule has 0 aliphatic heterocycles. The lowest BCUT2D eigenvalue weighted by molar-refractivity contribution is 0.0697. The average molecular weight is 326 g/mol. The number of carboxylic acid groups (broad SMARTS) is 1. The normalized spacial score (nSPS) is 10.6. The molecule has 0 spiro atoms. The van der Waals surface area contributed by atoms with Crippen LogP contribution in [0.15, 0.2) is 48.5 Å². The lowest BCUT2D eigenvalue weighted by Gasteiger charge is -2.12. The molecule has 2 aromatic carbocycles. The Kier molecular flexibility index (Phi) is 4.04. The summed E-state index contributed by atoms with van der Waals surface area (Å²) in [7, 11) is 1.53. The molecule has 0 radical (unpaired) electrons. The van der Waals surface area contributed by atoms with Gasteiger partial charge in [0.15, 0.2) is 0 Å². The number of halogens is 1. The summed E-state index contributed by atoms with van der Waals surface area (Å²) in [5, 5.41) is 14.0. The Bertz CT molecular complexity index is 901. The largest absolute Gasteiger partial charge is 0.494 e. The Hall–Kier alpha value is -3.15. The van der Waals surface area contributed by atoms with Gasteiger partial charge in [0.1, 0.15) is 22.8 Å². The Balaban J connectivity index is 2.33. The molecular weight excluding hydrogens is 311 g/mol. The molecule has 0 amide bonds. The van der Waals surface area contributed by atoms with E-state index in [1.54, 1.807) is 19.1 Å². The summed E-state index contributed by atoms with van der Waals surface area (Å²) in [5.74, 6) is -0.927. The van der Waals surface area contributed by atoms with E-state index < -0.39 is 11.8 Å². The molecule has 5 nitrogen and oxygen atoms in total. The summed E-state index contributed by atoms with van der Waals surface area (Å²) in [6, 6.07) is 12.8. The van der Waals surface area contributed by atoms with Crippen molar-refractivity contribution in [2.75, 3.05) is 7.11 Å². The molecule has 0 unspecified atom stereocenters. The fourth-order valence-corrected chi connectivity index (χ4v) is 2.64. The highest BCUT2D eigenvalue weighted by Gasteiger charge is 2.24. The van der Waals surface area contributed by atoms with Crippen molar-refractivity contribution < 1.29 is 19.0 Å². The van der Waals surface area contributed by atoms with Gasteiger partial charge < -0.3 is 9.84 Å². The molecule has 1 aromatic heterocycles. The molecule has 1 N–H and O–H groups in total. The maximum absolute atomic E-state index is 13.3. The zero-order valence-electron chi connectivity index (χ0n) is 13.2. The number of nitrogens with zero attached hydrogens (tertiary/aromatic N) is 2. The maximum Gasteiger partial charge on any atom is 0.339 e. The number of rotatable bonds is 4. The first-order valence-electron chi connectivity index (χ1n) is 7.25. The molecule has 0 saturated heterocycles. The number of aromatic nitrogens is 2. The third-order valence-electron chi connectivity index (χ3n) is 3.71. The molecule has 3 rings (SSSR count). The number of ether oxygens (including phenoxy) is 1. The first-order valence-corrected chi connectivity index (χ1v) is 7.25. The predicted octanol–water partition coefficient (Wildman–Crippen LogP) is 3.69. The molecule has 3 aromatic rings. The smallest absolute Gasteiger partial charge is 0.339 e. The van der Waals surface area contributed by atoms with Crippen molar-refractivity contribution in [2.45, 2.75) is 6.92 Å². The van der Waals surface area contributed by atoms with E-state index in [0.717, 1.165) is 0 Å². The van der Waals surface area contributed by atoms with Gasteiger partial charge in [-0.05, 0) is 43.3 Å². The SMILES string of the molecule is COc1ccccc1-n1nc(C)c(C(=O)O)c1-c1ccc(F)cc1. The van der Waals surface area contributed by atoms with Crippen LogP contribution in [0.1, 0.15) is 16.1 Å². The van der Waals surface area contributed by atoms with Crippen LogP contribution >= 0.6 is 0 Å². The van der Waals surface area contributed by atoms with Crippen LogP contribution in [-0.2, 0) is 0 Å². The highest BCUT2D eigenvalue weighted by atomic mass is 19.1. The summed E-state index contributed by atoms with van der Waals surface area (Å²) in [6.07, 6.45) is 0. The number of hydrogen-bond acceptors (Lipinski definition) is 3. The number of methoxy groups -OCH3 is 1. The number of carboxylic acids is 1. The quantitative estimate of drug-likeness (QED) is 0.794. The van der Waals surface area contributed by atoms with Crippen molar-refractivity contribution in [3.05, 3.63) is 65.6 Å². The molecule has 0 fully saturated rings. The van der Waals surface area contributed by atoms with Crippen molar-refractivity contribution in [2.24, 2.45) is 0 Å². The molecule has 0 saturated carbocycles. The van der Waals surface area contributed by atoms with E-state index in [1.807, 2.05) is 12.1 Å². The molecule has 0 aliphatic rings. The standard InChI is InChI=1S/C18H15FN2O3/c1-11-16(18(22)23)17(12-7-9-13(19)10-8-12)21(20-11)14-5-3-4-6-15(14)24-2/h3-10H,1-2H3,(H,22,23). The Morgan fingerprint density at radius 3 is 2.46 bits per heavy atom. The van der Waals surface area contributed by atoms with Crippen LogP contribution in [0.3, 0.4) is 0 Å². The van der Waals surface area contributed by atoms with Crippen LogP contribution in [0, 0.1) is 12.7 Å². The van der Waals surface area contributed by atoms with Gasteiger partial charge in [0, 0.05) is 5.56 Å². The average Bonchev–Trinajstić information content (AvgIpc) is 2.92. The molecular formula is C18H15FN2O3. The third-order valence-corrected chi connectivity index (χ3v) is 3.71. The molecule has 122 valence electrons. The fourth-order valence-electron chi connectivity index (χ4n) is 2.64. The van der Waals surface area contributed by atoms with E-state index in [0.29, 0.717) is 28.4 Å². The number of aryl methyl sites for hydroxylation is 1. The number of hydrogen-bond donors (Lipinski definition) is 1. The topological polar surface area (TPSA) is 64.4 Å². The van der Waals surface area contributed by atoms with Gasteiger partial charge in [-0.3, -0.25) is 0 Å². The summed E-state index contributed by atoms with van der Waals surface area (Å²) < 4.78 is 20.1. The molecule has 6 heteroatoms. The van der Waals surface area contributed by atoms with E-state index in [1.165, 1.54) is 36.1 Å². The van der Waals surface area contributed by atoms with Gasteiger partial charge in [0.05, 0.1) is 18.5 Å². The van der Waals surface area contributed by atoms with Crippen molar-refractivity contribution in [1.29, 1.82) is 0 Å². The van der Waals surface area contributed by atoms with Crippen molar-refractivity contribution in [1.82, 2.24) is 9.78 Å². The zero-order valence-corrected chi connectivity index (χ0v) is 13.2. The predicted molar refractivity (Wildman–Crippen MR) is 87.2 cm³/mol. The minimum absolute atomic E-state index is 0.0764. The minimum Gasteiger partial charge on any atom is -0.494 e. The van der Waals surface area contributed by atoms with Crippen molar-refractivity contribution in [3.63, 3.8) is 0 Å². The minimum atomic E-state index is -1.09. The molecule has 0 bridgehead atoms. The van der Waals surface area contributed by atoms with Crippen LogP contribution < -0.4 is 4.74 Å². The number of para-hydroxylation sites is 2. The van der Waals surface area contributed by atoms with E-state index in [9.17, 15) is 14.3 Å². The number of carbonyl (C=O) groups is 1. The van der Waals surface area contributed by atoms with Crippen molar-refractivity contribution in [3.8, 4) is 22.7 Å². The lowest BCUT2D eigenvalue weighted by Crippen LogP contribution is -2.04. The van der Waals surface area contributed by atoms with Crippen LogP contribution in [-0.4, -0.2) is 28.0 Å². The Labute approximate surface area is 137 Å². The van der Waals surface area contributed by atoms with Crippen LogP contribution in [0.25, 0.3) is 16.9 Å². The van der Waals surface area contributed by atoms with Crippen LogP contribution in [0.4, 0.5) is 4.39 Å². The van der Waals surface area contributed by atoms with E-state index in [2.05, 4.69) is 5.10 Å². The van der Waals surface area contributed by atoms with Gasteiger partial charge in [-0.25, -0.2) is 13.9 Å². The first-order chi connectivity index (χ1) is 11.5. The van der Waals surface area contributed by atoms with E-state index in [-0.39, 0.29) is 5.56 Å². The lowest BCUT2D eigenvalue weighted by atomic mass is 10.1. The first kappa shape index (κ1) is 15.7. The summed E-state index contributed by atoms with van der Waals surface area (Å²) in [4.78, 5) is 11.7. The second-order valence-corrected chi connectivity index (χ2v) is 5.20. The van der Waals surface area contributed by atoms with Gasteiger partial charge in [-0.1, -0.05) is 12.1 Å². The second-order valence-electron chi connectivity index (χ2n) is 5.20. The van der Waals surface area contributed by atoms with Gasteiger partial charge in [-0.2, -0.15) is 5.10 Å². The highest BCUT2D eigenvalue weighted by Crippen LogP contribution is 2.32.